The van der Waals surface area contributed by atoms with Crippen molar-refractivity contribution in [2.45, 2.75) is 13.8 Å². The van der Waals surface area contributed by atoms with E-state index in [4.69, 9.17) is 0 Å². The second kappa shape index (κ2) is 6.08. The third-order valence-corrected chi connectivity index (χ3v) is 1.99. The maximum absolute atomic E-state index is 11.6. The summed E-state index contributed by atoms with van der Waals surface area (Å²) in [4.78, 5) is 19.4. The molecule has 0 aliphatic heterocycles. The summed E-state index contributed by atoms with van der Waals surface area (Å²) in [5.41, 5.74) is 1.24. The number of nitrogens with zero attached hydrogens (tertiary/aromatic N) is 2. The monoisotopic (exact) mass is 208 g/mol. The lowest BCUT2D eigenvalue weighted by atomic mass is 10.2. The molecule has 5 heteroatoms. The first-order chi connectivity index (χ1) is 7.25. The van der Waals surface area contributed by atoms with Crippen LogP contribution in [0.2, 0.25) is 0 Å². The molecule has 0 spiro atoms. The molecule has 0 saturated carbocycles. The van der Waals surface area contributed by atoms with Crippen molar-refractivity contribution in [2.24, 2.45) is 0 Å². The van der Waals surface area contributed by atoms with Crippen molar-refractivity contribution in [3.8, 4) is 0 Å². The molecule has 0 unspecified atom stereocenters. The lowest BCUT2D eigenvalue weighted by Crippen LogP contribution is -2.32. The third kappa shape index (κ3) is 3.63. The van der Waals surface area contributed by atoms with E-state index in [2.05, 4.69) is 20.6 Å². The number of carbonyl (C=O) groups is 1. The smallest absolute Gasteiger partial charge is 0.254 e. The van der Waals surface area contributed by atoms with Crippen molar-refractivity contribution in [1.29, 1.82) is 0 Å². The van der Waals surface area contributed by atoms with Crippen LogP contribution in [-0.2, 0) is 0 Å². The Morgan fingerprint density at radius 3 is 2.93 bits per heavy atom. The number of aryl methyl sites for hydroxylation is 1. The molecule has 1 aromatic heterocycles. The number of likely N-dealkylation sites (N-methyl/N-ethyl adjacent to an activating group) is 1. The molecule has 0 bridgehead atoms. The van der Waals surface area contributed by atoms with Gasteiger partial charge < -0.3 is 10.6 Å². The van der Waals surface area contributed by atoms with Crippen LogP contribution >= 0.6 is 0 Å². The summed E-state index contributed by atoms with van der Waals surface area (Å²) in [7, 11) is 0. The molecular weight excluding hydrogens is 192 g/mol. The molecule has 2 N–H and O–H groups in total. The molecule has 0 radical (unpaired) electrons. The SMILES string of the molecule is CCNCCNC(=O)c1cncnc1C. The van der Waals surface area contributed by atoms with Crippen LogP contribution in [-0.4, -0.2) is 35.5 Å². The van der Waals surface area contributed by atoms with Gasteiger partial charge in [0.05, 0.1) is 11.3 Å². The van der Waals surface area contributed by atoms with Gasteiger partial charge >= 0.3 is 0 Å². The van der Waals surface area contributed by atoms with E-state index in [9.17, 15) is 4.79 Å². The van der Waals surface area contributed by atoms with Crippen LogP contribution < -0.4 is 10.6 Å². The van der Waals surface area contributed by atoms with Crippen LogP contribution in [0.4, 0.5) is 0 Å². The lowest BCUT2D eigenvalue weighted by Gasteiger charge is -2.06. The predicted octanol–water partition coefficient (Wildman–Crippen LogP) is 0.124. The van der Waals surface area contributed by atoms with Gasteiger partial charge in [-0.1, -0.05) is 6.92 Å². The standard InChI is InChI=1S/C10H16N4O/c1-3-11-4-5-13-10(15)9-6-12-7-14-8(9)2/h6-7,11H,3-5H2,1-2H3,(H,13,15). The highest BCUT2D eigenvalue weighted by atomic mass is 16.1. The predicted molar refractivity (Wildman–Crippen MR) is 57.6 cm³/mol. The zero-order chi connectivity index (χ0) is 11.1. The van der Waals surface area contributed by atoms with Crippen LogP contribution in [0.3, 0.4) is 0 Å². The summed E-state index contributed by atoms with van der Waals surface area (Å²) in [5, 5.41) is 5.92. The topological polar surface area (TPSA) is 66.9 Å². The molecule has 1 rings (SSSR count). The molecule has 1 heterocycles. The Bertz CT molecular complexity index is 327. The number of carbonyl (C=O) groups excluding carboxylic acids is 1. The van der Waals surface area contributed by atoms with Gasteiger partial charge in [-0.05, 0) is 13.5 Å². The molecule has 0 aliphatic carbocycles. The second-order valence-electron chi connectivity index (χ2n) is 3.13. The van der Waals surface area contributed by atoms with E-state index in [1.54, 1.807) is 6.92 Å². The molecule has 0 saturated heterocycles. The van der Waals surface area contributed by atoms with Crippen LogP contribution in [0.1, 0.15) is 23.0 Å². The van der Waals surface area contributed by atoms with Crippen molar-refractivity contribution in [1.82, 2.24) is 20.6 Å². The van der Waals surface area contributed by atoms with Gasteiger partial charge in [0.25, 0.3) is 5.91 Å². The molecule has 1 aromatic rings. The number of hydrogen-bond donors (Lipinski definition) is 2. The quantitative estimate of drug-likeness (QED) is 0.675. The zero-order valence-corrected chi connectivity index (χ0v) is 9.08. The molecule has 0 aliphatic rings. The number of amides is 1. The number of rotatable bonds is 5. The Morgan fingerprint density at radius 1 is 1.47 bits per heavy atom. The molecule has 0 fully saturated rings. The van der Waals surface area contributed by atoms with Crippen molar-refractivity contribution < 1.29 is 4.79 Å². The first-order valence-corrected chi connectivity index (χ1v) is 5.01. The van der Waals surface area contributed by atoms with Crippen LogP contribution in [0.15, 0.2) is 12.5 Å². The van der Waals surface area contributed by atoms with E-state index in [1.807, 2.05) is 6.92 Å². The summed E-state index contributed by atoms with van der Waals surface area (Å²) in [5.74, 6) is -0.119. The minimum absolute atomic E-state index is 0.119. The van der Waals surface area contributed by atoms with E-state index >= 15 is 0 Å². The van der Waals surface area contributed by atoms with Crippen molar-refractivity contribution in [2.75, 3.05) is 19.6 Å². The average Bonchev–Trinajstić information content (AvgIpc) is 2.25. The molecule has 1 amide bonds. The number of nitrogens with one attached hydrogen (secondary N) is 2. The van der Waals surface area contributed by atoms with E-state index in [0.717, 1.165) is 13.1 Å². The van der Waals surface area contributed by atoms with Crippen molar-refractivity contribution >= 4 is 5.91 Å². The van der Waals surface area contributed by atoms with Gasteiger partial charge in [0, 0.05) is 19.3 Å². The number of aromatic nitrogens is 2. The van der Waals surface area contributed by atoms with Crippen LogP contribution in [0.25, 0.3) is 0 Å². The van der Waals surface area contributed by atoms with Crippen molar-refractivity contribution in [3.05, 3.63) is 23.8 Å². The summed E-state index contributed by atoms with van der Waals surface area (Å²) < 4.78 is 0. The zero-order valence-electron chi connectivity index (χ0n) is 9.08. The fourth-order valence-corrected chi connectivity index (χ4v) is 1.15. The van der Waals surface area contributed by atoms with Crippen LogP contribution in [0.5, 0.6) is 0 Å². The second-order valence-corrected chi connectivity index (χ2v) is 3.13. The molecular formula is C10H16N4O. The highest BCUT2D eigenvalue weighted by Crippen LogP contribution is 2.00. The van der Waals surface area contributed by atoms with Gasteiger partial charge in [-0.25, -0.2) is 9.97 Å². The highest BCUT2D eigenvalue weighted by Gasteiger charge is 2.08. The minimum atomic E-state index is -0.119. The van der Waals surface area contributed by atoms with Crippen LogP contribution in [0, 0.1) is 6.92 Å². The van der Waals surface area contributed by atoms with Gasteiger partial charge in [-0.2, -0.15) is 0 Å². The Morgan fingerprint density at radius 2 is 2.27 bits per heavy atom. The van der Waals surface area contributed by atoms with Gasteiger partial charge in [0.15, 0.2) is 0 Å². The first-order valence-electron chi connectivity index (χ1n) is 5.01. The summed E-state index contributed by atoms with van der Waals surface area (Å²) in [6.07, 6.45) is 2.97. The Hall–Kier alpha value is -1.49. The minimum Gasteiger partial charge on any atom is -0.351 e. The Kier molecular flexibility index (Phi) is 4.70. The number of hydrogen-bond acceptors (Lipinski definition) is 4. The van der Waals surface area contributed by atoms with Gasteiger partial charge in [0.2, 0.25) is 0 Å². The fraction of sp³-hybridized carbons (Fsp3) is 0.500. The summed E-state index contributed by atoms with van der Waals surface area (Å²) >= 11 is 0. The van der Waals surface area contributed by atoms with Gasteiger partial charge in [-0.3, -0.25) is 4.79 Å². The maximum Gasteiger partial charge on any atom is 0.254 e. The van der Waals surface area contributed by atoms with Gasteiger partial charge in [0.1, 0.15) is 6.33 Å². The third-order valence-electron chi connectivity index (χ3n) is 1.99. The van der Waals surface area contributed by atoms with E-state index in [1.165, 1.54) is 12.5 Å². The molecule has 82 valence electrons. The summed E-state index contributed by atoms with van der Waals surface area (Å²) in [6, 6.07) is 0. The Balaban J connectivity index is 2.44. The van der Waals surface area contributed by atoms with Crippen molar-refractivity contribution in [3.63, 3.8) is 0 Å². The van der Waals surface area contributed by atoms with E-state index in [-0.39, 0.29) is 5.91 Å². The normalized spacial score (nSPS) is 10.0. The fourth-order valence-electron chi connectivity index (χ4n) is 1.15. The van der Waals surface area contributed by atoms with Gasteiger partial charge in [-0.15, -0.1) is 0 Å². The molecule has 0 atom stereocenters. The van der Waals surface area contributed by atoms with E-state index < -0.39 is 0 Å². The summed E-state index contributed by atoms with van der Waals surface area (Å²) in [6.45, 7) is 6.11. The maximum atomic E-state index is 11.6. The first kappa shape index (κ1) is 11.6. The van der Waals surface area contributed by atoms with E-state index in [0.29, 0.717) is 17.8 Å². The Labute approximate surface area is 89.3 Å². The molecule has 15 heavy (non-hydrogen) atoms. The molecule has 0 aromatic carbocycles. The lowest BCUT2D eigenvalue weighted by molar-refractivity contribution is 0.0952. The molecule has 5 nitrogen and oxygen atoms in total. The highest BCUT2D eigenvalue weighted by molar-refractivity contribution is 5.94. The largest absolute Gasteiger partial charge is 0.351 e. The average molecular weight is 208 g/mol.